The summed E-state index contributed by atoms with van der Waals surface area (Å²) in [5.41, 5.74) is -0.629. The summed E-state index contributed by atoms with van der Waals surface area (Å²) in [7, 11) is 0. The highest BCUT2D eigenvalue weighted by molar-refractivity contribution is 9.10. The van der Waals surface area contributed by atoms with E-state index in [0.29, 0.717) is 22.0 Å². The molecular weight excluding hydrogens is 411 g/mol. The Kier molecular flexibility index (Phi) is 4.45. The predicted octanol–water partition coefficient (Wildman–Crippen LogP) is 5.27. The van der Waals surface area contributed by atoms with Crippen molar-refractivity contribution < 1.29 is 13.9 Å². The van der Waals surface area contributed by atoms with Crippen LogP contribution in [-0.4, -0.2) is 11.6 Å². The van der Waals surface area contributed by atoms with Crippen LogP contribution in [-0.2, 0) is 15.2 Å². The minimum absolute atomic E-state index is 0.377. The van der Waals surface area contributed by atoms with Crippen molar-refractivity contribution in [3.8, 4) is 0 Å². The van der Waals surface area contributed by atoms with Crippen LogP contribution in [0.5, 0.6) is 0 Å². The van der Waals surface area contributed by atoms with Gasteiger partial charge in [-0.05, 0) is 57.2 Å². The van der Waals surface area contributed by atoms with E-state index in [4.69, 9.17) is 16.3 Å². The number of carbonyl (C=O) groups is 1. The maximum atomic E-state index is 13.6. The summed E-state index contributed by atoms with van der Waals surface area (Å²) in [5.74, 6) is -0.968. The second-order valence-electron chi connectivity index (χ2n) is 6.82. The smallest absolute Gasteiger partial charge is 0.358 e. The van der Waals surface area contributed by atoms with Crippen LogP contribution in [0.3, 0.4) is 0 Å². The first-order valence-corrected chi connectivity index (χ1v) is 8.83. The fourth-order valence-electron chi connectivity index (χ4n) is 2.65. The monoisotopic (exact) mass is 426 g/mol. The molecule has 0 amide bonds. The Morgan fingerprint density at radius 2 is 1.84 bits per heavy atom. The molecule has 3 rings (SSSR count). The van der Waals surface area contributed by atoms with Crippen molar-refractivity contribution in [2.75, 3.05) is 10.6 Å². The zero-order valence-corrected chi connectivity index (χ0v) is 16.3. The molecule has 0 aliphatic carbocycles. The van der Waals surface area contributed by atoms with Crippen molar-refractivity contribution in [3.05, 3.63) is 57.3 Å². The van der Waals surface area contributed by atoms with Gasteiger partial charge < -0.3 is 15.4 Å². The minimum Gasteiger partial charge on any atom is -0.457 e. The van der Waals surface area contributed by atoms with Gasteiger partial charge >= 0.3 is 5.97 Å². The van der Waals surface area contributed by atoms with Gasteiger partial charge in [0.1, 0.15) is 11.4 Å². The number of fused-ring (bicyclic) bond motifs is 1. The first kappa shape index (κ1) is 18.0. The molecule has 7 heteroatoms. The van der Waals surface area contributed by atoms with Crippen LogP contribution in [0, 0.1) is 5.82 Å². The Hall–Kier alpha value is -1.79. The molecule has 1 aliphatic rings. The number of carbonyl (C=O) groups excluding carboxylic acids is 1. The van der Waals surface area contributed by atoms with Crippen LogP contribution >= 0.6 is 27.5 Å². The molecule has 0 radical (unpaired) electrons. The van der Waals surface area contributed by atoms with E-state index in [1.54, 1.807) is 45.0 Å². The van der Waals surface area contributed by atoms with Crippen molar-refractivity contribution in [1.29, 1.82) is 0 Å². The largest absolute Gasteiger partial charge is 0.457 e. The van der Waals surface area contributed by atoms with E-state index in [2.05, 4.69) is 26.6 Å². The Morgan fingerprint density at radius 1 is 1.16 bits per heavy atom. The van der Waals surface area contributed by atoms with E-state index in [9.17, 15) is 9.18 Å². The standard InChI is InChI=1S/C18H17BrClFN2O2/c1-17(2,3)25-16(24)18(12-8-10(19)4-6-13(12)20)22-14-7-5-11(21)9-15(14)23-18/h4-9,22-23H,1-3H3. The Labute approximate surface area is 158 Å². The van der Waals surface area contributed by atoms with E-state index in [-0.39, 0.29) is 0 Å². The summed E-state index contributed by atoms with van der Waals surface area (Å²) >= 11 is 9.77. The molecule has 1 atom stereocenters. The van der Waals surface area contributed by atoms with Gasteiger partial charge in [-0.25, -0.2) is 9.18 Å². The maximum Gasteiger partial charge on any atom is 0.358 e. The van der Waals surface area contributed by atoms with Gasteiger partial charge in [-0.1, -0.05) is 27.5 Å². The summed E-state index contributed by atoms with van der Waals surface area (Å²) < 4.78 is 20.0. The summed E-state index contributed by atoms with van der Waals surface area (Å²) in [6.07, 6.45) is 0. The average Bonchev–Trinajstić information content (AvgIpc) is 2.87. The zero-order chi connectivity index (χ0) is 18.4. The fraction of sp³-hybridized carbons (Fsp3) is 0.278. The van der Waals surface area contributed by atoms with Gasteiger partial charge in [0.15, 0.2) is 0 Å². The molecule has 1 heterocycles. The molecule has 0 bridgehead atoms. The lowest BCUT2D eigenvalue weighted by molar-refractivity contribution is -0.159. The number of ether oxygens (including phenoxy) is 1. The first-order chi connectivity index (χ1) is 11.6. The Morgan fingerprint density at radius 3 is 2.52 bits per heavy atom. The molecular formula is C18H17BrClFN2O2. The molecule has 2 aromatic carbocycles. The number of nitrogens with one attached hydrogen (secondary N) is 2. The van der Waals surface area contributed by atoms with Crippen molar-refractivity contribution >= 4 is 44.9 Å². The summed E-state index contributed by atoms with van der Waals surface area (Å²) in [6.45, 7) is 5.34. The molecule has 25 heavy (non-hydrogen) atoms. The lowest BCUT2D eigenvalue weighted by Crippen LogP contribution is -2.50. The van der Waals surface area contributed by atoms with E-state index < -0.39 is 23.1 Å². The lowest BCUT2D eigenvalue weighted by atomic mass is 9.99. The second-order valence-corrected chi connectivity index (χ2v) is 8.14. The molecule has 2 N–H and O–H groups in total. The molecule has 4 nitrogen and oxygen atoms in total. The third-order valence-corrected chi connectivity index (χ3v) is 4.49. The van der Waals surface area contributed by atoms with Crippen LogP contribution < -0.4 is 10.6 Å². The molecule has 1 aliphatic heterocycles. The highest BCUT2D eigenvalue weighted by Crippen LogP contribution is 2.43. The van der Waals surface area contributed by atoms with E-state index >= 15 is 0 Å². The number of halogens is 3. The molecule has 0 spiro atoms. The predicted molar refractivity (Wildman–Crippen MR) is 100 cm³/mol. The van der Waals surface area contributed by atoms with Crippen LogP contribution in [0.15, 0.2) is 40.9 Å². The third-order valence-electron chi connectivity index (χ3n) is 3.66. The number of hydrogen-bond acceptors (Lipinski definition) is 4. The highest BCUT2D eigenvalue weighted by Gasteiger charge is 2.49. The summed E-state index contributed by atoms with van der Waals surface area (Å²) in [4.78, 5) is 13.1. The number of anilines is 2. The van der Waals surface area contributed by atoms with E-state index in [1.807, 2.05) is 0 Å². The number of benzene rings is 2. The SMILES string of the molecule is CC(C)(C)OC(=O)C1(c2cc(Br)ccc2Cl)Nc2ccc(F)cc2N1. The first-order valence-electron chi connectivity index (χ1n) is 7.66. The van der Waals surface area contributed by atoms with Gasteiger partial charge in [0.05, 0.1) is 11.4 Å². The maximum absolute atomic E-state index is 13.6. The highest BCUT2D eigenvalue weighted by atomic mass is 79.9. The second kappa shape index (κ2) is 6.18. The van der Waals surface area contributed by atoms with Crippen molar-refractivity contribution in [2.24, 2.45) is 0 Å². The van der Waals surface area contributed by atoms with Crippen LogP contribution in [0.25, 0.3) is 0 Å². The normalized spacial score (nSPS) is 19.0. The summed E-state index contributed by atoms with van der Waals surface area (Å²) in [5, 5.41) is 6.57. The van der Waals surface area contributed by atoms with Gasteiger partial charge in [0, 0.05) is 15.1 Å². The Balaban J connectivity index is 2.14. The number of esters is 1. The van der Waals surface area contributed by atoms with Gasteiger partial charge in [-0.3, -0.25) is 0 Å². The summed E-state index contributed by atoms with van der Waals surface area (Å²) in [6, 6.07) is 9.39. The van der Waals surface area contributed by atoms with Crippen LogP contribution in [0.1, 0.15) is 26.3 Å². The van der Waals surface area contributed by atoms with Crippen molar-refractivity contribution in [2.45, 2.75) is 32.0 Å². The van der Waals surface area contributed by atoms with Crippen molar-refractivity contribution in [3.63, 3.8) is 0 Å². The number of rotatable bonds is 2. The molecule has 0 fully saturated rings. The Bertz CT molecular complexity index is 853. The van der Waals surface area contributed by atoms with Gasteiger partial charge in [0.2, 0.25) is 5.66 Å². The average molecular weight is 428 g/mol. The molecule has 1 unspecified atom stereocenters. The fourth-order valence-corrected chi connectivity index (χ4v) is 3.27. The van der Waals surface area contributed by atoms with Crippen molar-refractivity contribution in [1.82, 2.24) is 0 Å². The number of hydrogen-bond donors (Lipinski definition) is 2. The molecule has 0 saturated heterocycles. The molecule has 0 saturated carbocycles. The van der Waals surface area contributed by atoms with E-state index in [1.165, 1.54) is 12.1 Å². The quantitative estimate of drug-likeness (QED) is 0.641. The molecule has 0 aromatic heterocycles. The zero-order valence-electron chi connectivity index (χ0n) is 13.9. The van der Waals surface area contributed by atoms with E-state index in [0.717, 1.165) is 4.47 Å². The molecule has 2 aromatic rings. The third kappa shape index (κ3) is 3.46. The van der Waals surface area contributed by atoms with Gasteiger partial charge in [-0.15, -0.1) is 0 Å². The minimum atomic E-state index is -1.45. The van der Waals surface area contributed by atoms with Gasteiger partial charge in [-0.2, -0.15) is 0 Å². The molecule has 132 valence electrons. The van der Waals surface area contributed by atoms with Crippen LogP contribution in [0.4, 0.5) is 15.8 Å². The van der Waals surface area contributed by atoms with Gasteiger partial charge in [0.25, 0.3) is 0 Å². The lowest BCUT2D eigenvalue weighted by Gasteiger charge is -2.33. The van der Waals surface area contributed by atoms with Crippen LogP contribution in [0.2, 0.25) is 5.02 Å². The topological polar surface area (TPSA) is 50.4 Å².